The Bertz CT molecular complexity index is 1190. The van der Waals surface area contributed by atoms with Crippen molar-refractivity contribution < 1.29 is 9.53 Å². The number of nitrogens with zero attached hydrogens (tertiary/aromatic N) is 3. The number of rotatable bonds is 8. The molecule has 0 aliphatic carbocycles. The predicted octanol–water partition coefficient (Wildman–Crippen LogP) is 5.53. The molecule has 0 saturated carbocycles. The lowest BCUT2D eigenvalue weighted by molar-refractivity contribution is 0.0985. The van der Waals surface area contributed by atoms with E-state index in [1.807, 2.05) is 74.8 Å². The summed E-state index contributed by atoms with van der Waals surface area (Å²) in [4.78, 5) is 22.1. The quantitative estimate of drug-likeness (QED) is 0.332. The van der Waals surface area contributed by atoms with E-state index in [2.05, 4.69) is 17.0 Å². The number of hydrogen-bond donors (Lipinski definition) is 0. The van der Waals surface area contributed by atoms with Gasteiger partial charge in [-0.1, -0.05) is 59.9 Å². The Hall–Kier alpha value is -2.93. The zero-order valence-electron chi connectivity index (χ0n) is 19.0. The van der Waals surface area contributed by atoms with Crippen molar-refractivity contribution in [2.75, 3.05) is 39.2 Å². The van der Waals surface area contributed by atoms with Gasteiger partial charge in [0.1, 0.15) is 11.3 Å². The Labute approximate surface area is 205 Å². The molecule has 0 saturated heterocycles. The second-order valence-corrected chi connectivity index (χ2v) is 8.93. The highest BCUT2D eigenvalue weighted by atomic mass is 35.5. The van der Waals surface area contributed by atoms with Gasteiger partial charge in [0.2, 0.25) is 0 Å². The van der Waals surface area contributed by atoms with Gasteiger partial charge in [-0.2, -0.15) is 0 Å². The molecule has 0 unspecified atom stereocenters. The molecule has 1 amide bonds. The van der Waals surface area contributed by atoms with Gasteiger partial charge in [0.25, 0.3) is 5.91 Å². The van der Waals surface area contributed by atoms with Crippen LogP contribution in [-0.2, 0) is 6.42 Å². The van der Waals surface area contributed by atoms with E-state index in [1.54, 1.807) is 12.0 Å². The Morgan fingerprint density at radius 1 is 0.909 bits per heavy atom. The summed E-state index contributed by atoms with van der Waals surface area (Å²) in [6.07, 6.45) is 0.845. The van der Waals surface area contributed by atoms with Crippen LogP contribution in [0.5, 0.6) is 5.75 Å². The third-order valence-electron chi connectivity index (χ3n) is 5.29. The maximum Gasteiger partial charge on any atom is 0.260 e. The SMILES string of the molecule is COc1cccc2sc(N(CCN(C)C)C(=O)c3ccc(Cc4ccccc4)cc3)nc12.Cl. The number of anilines is 1. The first-order chi connectivity index (χ1) is 15.5. The van der Waals surface area contributed by atoms with Crippen LogP contribution >= 0.6 is 23.7 Å². The lowest BCUT2D eigenvalue weighted by Crippen LogP contribution is -2.36. The number of benzene rings is 3. The molecule has 3 aromatic carbocycles. The maximum absolute atomic E-state index is 13.5. The molecule has 0 radical (unpaired) electrons. The minimum Gasteiger partial charge on any atom is -0.494 e. The zero-order valence-corrected chi connectivity index (χ0v) is 20.7. The number of ether oxygens (including phenoxy) is 1. The average Bonchev–Trinajstić information content (AvgIpc) is 3.24. The van der Waals surface area contributed by atoms with Crippen LogP contribution in [-0.4, -0.2) is 50.1 Å². The van der Waals surface area contributed by atoms with Gasteiger partial charge < -0.3 is 9.64 Å². The molecular formula is C26H28ClN3O2S. The monoisotopic (exact) mass is 481 g/mol. The average molecular weight is 482 g/mol. The predicted molar refractivity (Wildman–Crippen MR) is 139 cm³/mol. The first kappa shape index (κ1) is 24.7. The number of amides is 1. The van der Waals surface area contributed by atoms with Gasteiger partial charge in [-0.05, 0) is 55.9 Å². The summed E-state index contributed by atoms with van der Waals surface area (Å²) in [6.45, 7) is 1.30. The van der Waals surface area contributed by atoms with E-state index in [0.717, 1.165) is 28.9 Å². The fraction of sp³-hybridized carbons (Fsp3) is 0.231. The molecule has 0 N–H and O–H groups in total. The minimum absolute atomic E-state index is 0. The van der Waals surface area contributed by atoms with E-state index < -0.39 is 0 Å². The lowest BCUT2D eigenvalue weighted by Gasteiger charge is -2.22. The molecule has 4 aromatic rings. The molecule has 0 aliphatic rings. The topological polar surface area (TPSA) is 45.7 Å². The second-order valence-electron chi connectivity index (χ2n) is 7.92. The van der Waals surface area contributed by atoms with Crippen LogP contribution in [0, 0.1) is 0 Å². The number of carbonyl (C=O) groups excluding carboxylic acids is 1. The Morgan fingerprint density at radius 2 is 1.61 bits per heavy atom. The van der Waals surface area contributed by atoms with Gasteiger partial charge >= 0.3 is 0 Å². The number of fused-ring (bicyclic) bond motifs is 1. The molecule has 172 valence electrons. The van der Waals surface area contributed by atoms with Gasteiger partial charge in [-0.15, -0.1) is 12.4 Å². The molecule has 1 heterocycles. The molecule has 4 rings (SSSR count). The number of thiazole rings is 1. The van der Waals surface area contributed by atoms with Crippen molar-refractivity contribution in [1.29, 1.82) is 0 Å². The van der Waals surface area contributed by atoms with E-state index >= 15 is 0 Å². The minimum atomic E-state index is -0.0452. The smallest absolute Gasteiger partial charge is 0.260 e. The number of carbonyl (C=O) groups is 1. The van der Waals surface area contributed by atoms with Crippen LogP contribution in [0.4, 0.5) is 5.13 Å². The van der Waals surface area contributed by atoms with Crippen molar-refractivity contribution in [3.63, 3.8) is 0 Å². The van der Waals surface area contributed by atoms with Crippen molar-refractivity contribution in [1.82, 2.24) is 9.88 Å². The largest absolute Gasteiger partial charge is 0.494 e. The maximum atomic E-state index is 13.5. The van der Waals surface area contributed by atoms with Crippen molar-refractivity contribution in [3.05, 3.63) is 89.5 Å². The zero-order chi connectivity index (χ0) is 22.5. The third kappa shape index (κ3) is 5.90. The number of para-hydroxylation sites is 1. The number of aromatic nitrogens is 1. The van der Waals surface area contributed by atoms with Crippen LogP contribution in [0.1, 0.15) is 21.5 Å². The van der Waals surface area contributed by atoms with Gasteiger partial charge in [0.05, 0.1) is 11.8 Å². The van der Waals surface area contributed by atoms with Crippen LogP contribution in [0.25, 0.3) is 10.2 Å². The summed E-state index contributed by atoms with van der Waals surface area (Å²) in [6, 6.07) is 24.1. The second kappa shape index (κ2) is 11.3. The fourth-order valence-corrected chi connectivity index (χ4v) is 4.54. The van der Waals surface area contributed by atoms with E-state index in [1.165, 1.54) is 22.5 Å². The Balaban J connectivity index is 0.00000306. The third-order valence-corrected chi connectivity index (χ3v) is 6.33. The first-order valence-corrected chi connectivity index (χ1v) is 11.4. The van der Waals surface area contributed by atoms with Crippen molar-refractivity contribution in [2.45, 2.75) is 6.42 Å². The summed E-state index contributed by atoms with van der Waals surface area (Å²) in [5.41, 5.74) is 3.88. The summed E-state index contributed by atoms with van der Waals surface area (Å²) in [5, 5.41) is 0.685. The highest BCUT2D eigenvalue weighted by Gasteiger charge is 2.22. The highest BCUT2D eigenvalue weighted by Crippen LogP contribution is 2.34. The van der Waals surface area contributed by atoms with Crippen molar-refractivity contribution >= 4 is 45.0 Å². The van der Waals surface area contributed by atoms with Gasteiger partial charge in [-0.25, -0.2) is 4.98 Å². The molecule has 5 nitrogen and oxygen atoms in total. The standard InChI is InChI=1S/C26H27N3O2S.ClH/c1-28(2)16-17-29(26-27-24-22(31-3)10-7-11-23(24)32-26)25(30)21-14-12-20(13-15-21)18-19-8-5-4-6-9-19;/h4-15H,16-18H2,1-3H3;1H. The van der Waals surface area contributed by atoms with Crippen LogP contribution < -0.4 is 9.64 Å². The van der Waals surface area contributed by atoms with E-state index in [4.69, 9.17) is 9.72 Å². The van der Waals surface area contributed by atoms with Gasteiger partial charge in [-0.3, -0.25) is 9.69 Å². The molecule has 7 heteroatoms. The Morgan fingerprint density at radius 3 is 2.27 bits per heavy atom. The molecule has 0 spiro atoms. The summed E-state index contributed by atoms with van der Waals surface area (Å²) < 4.78 is 6.46. The summed E-state index contributed by atoms with van der Waals surface area (Å²) in [5.74, 6) is 0.673. The highest BCUT2D eigenvalue weighted by molar-refractivity contribution is 7.22. The molecule has 0 bridgehead atoms. The molecule has 1 aromatic heterocycles. The number of methoxy groups -OCH3 is 1. The lowest BCUT2D eigenvalue weighted by atomic mass is 10.0. The first-order valence-electron chi connectivity index (χ1n) is 10.6. The molecule has 0 atom stereocenters. The van der Waals surface area contributed by atoms with Gasteiger partial charge in [0.15, 0.2) is 5.13 Å². The normalized spacial score (nSPS) is 10.8. The van der Waals surface area contributed by atoms with Crippen LogP contribution in [0.2, 0.25) is 0 Å². The number of hydrogen-bond acceptors (Lipinski definition) is 5. The Kier molecular flexibility index (Phi) is 8.44. The van der Waals surface area contributed by atoms with E-state index in [0.29, 0.717) is 17.2 Å². The molecule has 33 heavy (non-hydrogen) atoms. The van der Waals surface area contributed by atoms with Crippen molar-refractivity contribution in [2.24, 2.45) is 0 Å². The van der Waals surface area contributed by atoms with E-state index in [-0.39, 0.29) is 18.3 Å². The van der Waals surface area contributed by atoms with Crippen LogP contribution in [0.15, 0.2) is 72.8 Å². The molecule has 0 fully saturated rings. The number of likely N-dealkylation sites (N-methyl/N-ethyl adjacent to an activating group) is 1. The van der Waals surface area contributed by atoms with E-state index in [9.17, 15) is 4.79 Å². The molecule has 0 aliphatic heterocycles. The fourth-order valence-electron chi connectivity index (χ4n) is 3.53. The van der Waals surface area contributed by atoms with Crippen LogP contribution in [0.3, 0.4) is 0 Å². The molecular weight excluding hydrogens is 454 g/mol. The van der Waals surface area contributed by atoms with Crippen molar-refractivity contribution in [3.8, 4) is 5.75 Å². The number of halogens is 1. The summed E-state index contributed by atoms with van der Waals surface area (Å²) in [7, 11) is 5.64. The summed E-state index contributed by atoms with van der Waals surface area (Å²) >= 11 is 1.51. The van der Waals surface area contributed by atoms with Gasteiger partial charge in [0, 0.05) is 18.7 Å².